The average Bonchev–Trinajstić information content (AvgIpc) is 2.79. The lowest BCUT2D eigenvalue weighted by Gasteiger charge is -2.13. The Labute approximate surface area is 186 Å². The van der Waals surface area contributed by atoms with Gasteiger partial charge in [0.2, 0.25) is 11.7 Å². The highest BCUT2D eigenvalue weighted by Crippen LogP contribution is 2.38. The van der Waals surface area contributed by atoms with Crippen LogP contribution in [0.25, 0.3) is 6.08 Å². The molecule has 0 aliphatic rings. The van der Waals surface area contributed by atoms with Crippen molar-refractivity contribution in [3.05, 3.63) is 77.3 Å². The molecule has 0 aliphatic carbocycles. The number of carbonyl (C=O) groups excluding carboxylic acids is 1. The zero-order chi connectivity index (χ0) is 22.2. The fourth-order valence-electron chi connectivity index (χ4n) is 2.85. The Hall–Kier alpha value is -3.64. The zero-order valence-electron chi connectivity index (χ0n) is 17.3. The molecule has 0 bridgehead atoms. The summed E-state index contributed by atoms with van der Waals surface area (Å²) in [6.45, 7) is 0. The van der Waals surface area contributed by atoms with Gasteiger partial charge in [0.1, 0.15) is 5.75 Å². The number of amides is 1. The third kappa shape index (κ3) is 5.49. The third-order valence-electron chi connectivity index (χ3n) is 4.32. The van der Waals surface area contributed by atoms with E-state index in [1.165, 1.54) is 27.4 Å². The van der Waals surface area contributed by atoms with Crippen molar-refractivity contribution in [2.24, 2.45) is 0 Å². The molecule has 160 valence electrons. The van der Waals surface area contributed by atoms with Crippen LogP contribution in [0.2, 0.25) is 5.02 Å². The van der Waals surface area contributed by atoms with Crippen molar-refractivity contribution in [1.82, 2.24) is 0 Å². The van der Waals surface area contributed by atoms with E-state index >= 15 is 0 Å². The highest BCUT2D eigenvalue weighted by Gasteiger charge is 2.13. The van der Waals surface area contributed by atoms with Gasteiger partial charge in [-0.1, -0.05) is 35.9 Å². The molecule has 0 radical (unpaired) electrons. The molecule has 0 aliphatic heterocycles. The molecule has 0 atom stereocenters. The molecule has 0 saturated heterocycles. The maximum atomic E-state index is 12.5. The summed E-state index contributed by atoms with van der Waals surface area (Å²) in [7, 11) is 4.60. The van der Waals surface area contributed by atoms with E-state index in [4.69, 9.17) is 30.5 Å². The molecule has 0 unspecified atom stereocenters. The summed E-state index contributed by atoms with van der Waals surface area (Å²) >= 11 is 6.17. The lowest BCUT2D eigenvalue weighted by atomic mass is 10.1. The number of halogens is 1. The lowest BCUT2D eigenvalue weighted by Crippen LogP contribution is -2.08. The zero-order valence-corrected chi connectivity index (χ0v) is 18.1. The van der Waals surface area contributed by atoms with E-state index in [9.17, 15) is 4.79 Å². The van der Waals surface area contributed by atoms with Crippen molar-refractivity contribution < 1.29 is 23.7 Å². The summed E-state index contributed by atoms with van der Waals surface area (Å²) in [5.74, 6) is 2.13. The van der Waals surface area contributed by atoms with Crippen molar-refractivity contribution in [3.8, 4) is 28.7 Å². The van der Waals surface area contributed by atoms with Crippen molar-refractivity contribution >= 4 is 29.3 Å². The first-order valence-corrected chi connectivity index (χ1v) is 9.74. The Balaban J connectivity index is 1.77. The second kappa shape index (κ2) is 10.4. The van der Waals surface area contributed by atoms with Gasteiger partial charge in [0, 0.05) is 6.08 Å². The number of benzene rings is 3. The molecular formula is C24H22ClNO5. The molecule has 3 aromatic rings. The molecule has 0 saturated carbocycles. The normalized spacial score (nSPS) is 10.6. The van der Waals surface area contributed by atoms with E-state index in [-0.39, 0.29) is 5.91 Å². The van der Waals surface area contributed by atoms with Gasteiger partial charge in [-0.3, -0.25) is 4.79 Å². The summed E-state index contributed by atoms with van der Waals surface area (Å²) in [4.78, 5) is 12.5. The molecular weight excluding hydrogens is 418 g/mol. The van der Waals surface area contributed by atoms with Crippen LogP contribution < -0.4 is 24.3 Å². The van der Waals surface area contributed by atoms with Gasteiger partial charge in [-0.2, -0.15) is 0 Å². The number of rotatable bonds is 8. The van der Waals surface area contributed by atoms with Crippen LogP contribution >= 0.6 is 11.6 Å². The van der Waals surface area contributed by atoms with Gasteiger partial charge in [0.05, 0.1) is 32.0 Å². The fourth-order valence-corrected chi connectivity index (χ4v) is 3.02. The Morgan fingerprint density at radius 2 is 1.45 bits per heavy atom. The molecule has 0 fully saturated rings. The smallest absolute Gasteiger partial charge is 0.248 e. The standard InChI is InChI=1S/C24H22ClNO5/c1-28-21-14-16(15-22(29-2)24(21)30-3)12-13-23(27)26-18-9-5-7-11-20(18)31-19-10-6-4-8-17(19)25/h4-15H,1-3H3,(H,26,27)/b13-12+. The molecule has 7 heteroatoms. The Bertz CT molecular complexity index is 1070. The predicted molar refractivity (Wildman–Crippen MR) is 122 cm³/mol. The first kappa shape index (κ1) is 22.1. The summed E-state index contributed by atoms with van der Waals surface area (Å²) in [5, 5.41) is 3.30. The Kier molecular flexibility index (Phi) is 7.40. The van der Waals surface area contributed by atoms with Crippen molar-refractivity contribution in [1.29, 1.82) is 0 Å². The first-order valence-electron chi connectivity index (χ1n) is 9.36. The number of hydrogen-bond donors (Lipinski definition) is 1. The van der Waals surface area contributed by atoms with Gasteiger partial charge in [-0.25, -0.2) is 0 Å². The monoisotopic (exact) mass is 439 g/mol. The highest BCUT2D eigenvalue weighted by molar-refractivity contribution is 6.32. The van der Waals surface area contributed by atoms with Crippen LogP contribution in [0, 0.1) is 0 Å². The molecule has 1 N–H and O–H groups in total. The summed E-state index contributed by atoms with van der Waals surface area (Å²) in [6, 6.07) is 17.7. The van der Waals surface area contributed by atoms with Crippen LogP contribution in [0.3, 0.4) is 0 Å². The Morgan fingerprint density at radius 3 is 2.06 bits per heavy atom. The molecule has 6 nitrogen and oxygen atoms in total. The van der Waals surface area contributed by atoms with Gasteiger partial charge in [0.15, 0.2) is 17.2 Å². The van der Waals surface area contributed by atoms with E-state index in [0.29, 0.717) is 45.0 Å². The number of para-hydroxylation sites is 3. The minimum Gasteiger partial charge on any atom is -0.493 e. The topological polar surface area (TPSA) is 66.0 Å². The SMILES string of the molecule is COc1cc(/C=C/C(=O)Nc2ccccc2Oc2ccccc2Cl)cc(OC)c1OC. The summed E-state index contributed by atoms with van der Waals surface area (Å²) in [5.41, 5.74) is 1.23. The van der Waals surface area contributed by atoms with Gasteiger partial charge < -0.3 is 24.3 Å². The molecule has 3 aromatic carbocycles. The van der Waals surface area contributed by atoms with Crippen LogP contribution in [0.4, 0.5) is 5.69 Å². The van der Waals surface area contributed by atoms with E-state index < -0.39 is 0 Å². The predicted octanol–water partition coefficient (Wildman–Crippen LogP) is 5.81. The minimum atomic E-state index is -0.330. The number of methoxy groups -OCH3 is 3. The quantitative estimate of drug-likeness (QED) is 0.448. The second-order valence-corrected chi connectivity index (χ2v) is 6.72. The minimum absolute atomic E-state index is 0.330. The van der Waals surface area contributed by atoms with Gasteiger partial charge >= 0.3 is 0 Å². The lowest BCUT2D eigenvalue weighted by molar-refractivity contribution is -0.111. The van der Waals surface area contributed by atoms with Crippen LogP contribution in [0.5, 0.6) is 28.7 Å². The van der Waals surface area contributed by atoms with Gasteiger partial charge in [0.25, 0.3) is 0 Å². The van der Waals surface area contributed by atoms with E-state index in [0.717, 1.165) is 0 Å². The van der Waals surface area contributed by atoms with Gasteiger partial charge in [-0.05, 0) is 48.0 Å². The van der Waals surface area contributed by atoms with Crippen LogP contribution in [-0.4, -0.2) is 27.2 Å². The molecule has 1 amide bonds. The first-order chi connectivity index (χ1) is 15.0. The van der Waals surface area contributed by atoms with Crippen molar-refractivity contribution in [3.63, 3.8) is 0 Å². The molecule has 0 spiro atoms. The molecule has 31 heavy (non-hydrogen) atoms. The van der Waals surface area contributed by atoms with Crippen LogP contribution in [0.1, 0.15) is 5.56 Å². The van der Waals surface area contributed by atoms with E-state index in [2.05, 4.69) is 5.32 Å². The van der Waals surface area contributed by atoms with Crippen LogP contribution in [-0.2, 0) is 4.79 Å². The van der Waals surface area contributed by atoms with E-state index in [1.54, 1.807) is 48.5 Å². The number of anilines is 1. The largest absolute Gasteiger partial charge is 0.493 e. The van der Waals surface area contributed by atoms with Crippen LogP contribution in [0.15, 0.2) is 66.7 Å². The number of hydrogen-bond acceptors (Lipinski definition) is 5. The summed E-state index contributed by atoms with van der Waals surface area (Å²) in [6.07, 6.45) is 3.06. The maximum absolute atomic E-state index is 12.5. The Morgan fingerprint density at radius 1 is 0.839 bits per heavy atom. The highest BCUT2D eigenvalue weighted by atomic mass is 35.5. The molecule has 0 aromatic heterocycles. The summed E-state index contributed by atoms with van der Waals surface area (Å²) < 4.78 is 21.9. The van der Waals surface area contributed by atoms with Crippen molar-refractivity contribution in [2.75, 3.05) is 26.6 Å². The number of ether oxygens (including phenoxy) is 4. The van der Waals surface area contributed by atoms with E-state index in [1.807, 2.05) is 18.2 Å². The molecule has 3 rings (SSSR count). The third-order valence-corrected chi connectivity index (χ3v) is 4.63. The maximum Gasteiger partial charge on any atom is 0.248 e. The number of carbonyl (C=O) groups is 1. The average molecular weight is 440 g/mol. The molecule has 0 heterocycles. The van der Waals surface area contributed by atoms with Gasteiger partial charge in [-0.15, -0.1) is 0 Å². The fraction of sp³-hybridized carbons (Fsp3) is 0.125. The van der Waals surface area contributed by atoms with Crippen molar-refractivity contribution in [2.45, 2.75) is 0 Å². The number of nitrogens with one attached hydrogen (secondary N) is 1. The second-order valence-electron chi connectivity index (χ2n) is 6.31.